The van der Waals surface area contributed by atoms with Crippen LogP contribution in [0.25, 0.3) is 10.9 Å². The molecule has 1 aromatic heterocycles. The molecule has 0 amide bonds. The van der Waals surface area contributed by atoms with Gasteiger partial charge in [0.1, 0.15) is 30.5 Å². The summed E-state index contributed by atoms with van der Waals surface area (Å²) in [7, 11) is 1.66. The predicted octanol–water partition coefficient (Wildman–Crippen LogP) is 3.28. The van der Waals surface area contributed by atoms with Gasteiger partial charge in [-0.05, 0) is 42.8 Å². The van der Waals surface area contributed by atoms with Crippen molar-refractivity contribution in [3.63, 3.8) is 0 Å². The highest BCUT2D eigenvalue weighted by atomic mass is 16.6. The maximum Gasteiger partial charge on any atom is 0.306 e. The van der Waals surface area contributed by atoms with E-state index in [2.05, 4.69) is 11.9 Å². The zero-order valence-electron chi connectivity index (χ0n) is 17.3. The third-order valence-corrected chi connectivity index (χ3v) is 4.54. The number of carbonyl (C=O) groups is 1. The Labute approximate surface area is 175 Å². The molecule has 0 aliphatic heterocycles. The molecule has 0 radical (unpaired) electrons. The molecule has 7 heteroatoms. The van der Waals surface area contributed by atoms with Crippen molar-refractivity contribution in [3.05, 3.63) is 64.7 Å². The average molecular weight is 410 g/mol. The van der Waals surface area contributed by atoms with Crippen molar-refractivity contribution in [1.29, 1.82) is 0 Å². The van der Waals surface area contributed by atoms with Crippen molar-refractivity contribution in [2.45, 2.75) is 26.2 Å². The summed E-state index contributed by atoms with van der Waals surface area (Å²) in [6, 6.07) is 14.5. The van der Waals surface area contributed by atoms with E-state index in [0.717, 1.165) is 12.2 Å². The highest BCUT2D eigenvalue weighted by Gasteiger charge is 2.11. The van der Waals surface area contributed by atoms with Gasteiger partial charge < -0.3 is 14.2 Å². The topological polar surface area (TPSA) is 79.7 Å². The standard InChI is InChI=1S/C23H26N2O5/c1-3-14-28-17-8-10-18(11-9-17)29-15-16-30-22(26)13-12-21-24-20-7-5-4-6-19(20)23(27)25(21)2/h4-11H,3,12-16H2,1-2H3. The molecule has 158 valence electrons. The van der Waals surface area contributed by atoms with E-state index in [0.29, 0.717) is 35.5 Å². The molecule has 2 aromatic carbocycles. The number of aryl methyl sites for hydroxylation is 1. The average Bonchev–Trinajstić information content (AvgIpc) is 2.77. The van der Waals surface area contributed by atoms with Crippen molar-refractivity contribution < 1.29 is 19.0 Å². The summed E-state index contributed by atoms with van der Waals surface area (Å²) in [5.74, 6) is 1.68. The second-order valence-electron chi connectivity index (χ2n) is 6.80. The van der Waals surface area contributed by atoms with Gasteiger partial charge >= 0.3 is 5.97 Å². The number of esters is 1. The van der Waals surface area contributed by atoms with E-state index in [9.17, 15) is 9.59 Å². The lowest BCUT2D eigenvalue weighted by Gasteiger charge is -2.10. The first kappa shape index (κ1) is 21.4. The van der Waals surface area contributed by atoms with E-state index >= 15 is 0 Å². The van der Waals surface area contributed by atoms with Crippen LogP contribution in [0.1, 0.15) is 25.6 Å². The second-order valence-corrected chi connectivity index (χ2v) is 6.80. The minimum absolute atomic E-state index is 0.122. The van der Waals surface area contributed by atoms with Crippen LogP contribution in [0.3, 0.4) is 0 Å². The molecule has 0 saturated carbocycles. The second kappa shape index (κ2) is 10.4. The van der Waals surface area contributed by atoms with Gasteiger partial charge in [0.05, 0.1) is 23.9 Å². The van der Waals surface area contributed by atoms with Crippen LogP contribution in [0, 0.1) is 0 Å². The van der Waals surface area contributed by atoms with Crippen LogP contribution in [-0.2, 0) is 23.0 Å². The predicted molar refractivity (Wildman–Crippen MR) is 114 cm³/mol. The lowest BCUT2D eigenvalue weighted by Crippen LogP contribution is -2.23. The number of nitrogens with zero attached hydrogens (tertiary/aromatic N) is 2. The van der Waals surface area contributed by atoms with Gasteiger partial charge in [-0.25, -0.2) is 4.98 Å². The van der Waals surface area contributed by atoms with Crippen LogP contribution in [0.2, 0.25) is 0 Å². The molecule has 3 rings (SSSR count). The van der Waals surface area contributed by atoms with Gasteiger partial charge in [-0.1, -0.05) is 19.1 Å². The number of ether oxygens (including phenoxy) is 3. The van der Waals surface area contributed by atoms with Crippen molar-refractivity contribution in [2.24, 2.45) is 7.05 Å². The minimum Gasteiger partial charge on any atom is -0.494 e. The zero-order valence-corrected chi connectivity index (χ0v) is 17.3. The minimum atomic E-state index is -0.357. The number of rotatable bonds is 10. The molecule has 0 atom stereocenters. The molecule has 3 aromatic rings. The fourth-order valence-corrected chi connectivity index (χ4v) is 2.94. The molecular weight excluding hydrogens is 384 g/mol. The lowest BCUT2D eigenvalue weighted by molar-refractivity contribution is -0.144. The van der Waals surface area contributed by atoms with Crippen LogP contribution in [0.15, 0.2) is 53.3 Å². The van der Waals surface area contributed by atoms with Crippen LogP contribution >= 0.6 is 0 Å². The Hall–Kier alpha value is -3.35. The van der Waals surface area contributed by atoms with Gasteiger partial charge in [0, 0.05) is 13.5 Å². The number of fused-ring (bicyclic) bond motifs is 1. The van der Waals surface area contributed by atoms with E-state index < -0.39 is 0 Å². The van der Waals surface area contributed by atoms with E-state index in [4.69, 9.17) is 14.2 Å². The summed E-state index contributed by atoms with van der Waals surface area (Å²) in [4.78, 5) is 28.9. The number of hydrogen-bond acceptors (Lipinski definition) is 6. The van der Waals surface area contributed by atoms with Gasteiger partial charge in [-0.3, -0.25) is 14.2 Å². The first-order valence-corrected chi connectivity index (χ1v) is 10.0. The summed E-state index contributed by atoms with van der Waals surface area (Å²) >= 11 is 0. The van der Waals surface area contributed by atoms with Gasteiger partial charge in [0.15, 0.2) is 0 Å². The van der Waals surface area contributed by atoms with Crippen LogP contribution < -0.4 is 15.0 Å². The molecule has 0 unspecified atom stereocenters. The third kappa shape index (κ3) is 5.59. The summed E-state index contributed by atoms with van der Waals surface area (Å²) in [6.07, 6.45) is 1.43. The number of carbonyl (C=O) groups excluding carboxylic acids is 1. The lowest BCUT2D eigenvalue weighted by atomic mass is 10.2. The summed E-state index contributed by atoms with van der Waals surface area (Å²) in [6.45, 7) is 3.14. The fraction of sp³-hybridized carbons (Fsp3) is 0.348. The van der Waals surface area contributed by atoms with Crippen molar-refractivity contribution >= 4 is 16.9 Å². The SMILES string of the molecule is CCCOc1ccc(OCCOC(=O)CCc2nc3ccccc3c(=O)n2C)cc1. The molecule has 0 bridgehead atoms. The molecule has 0 fully saturated rings. The van der Waals surface area contributed by atoms with Crippen molar-refractivity contribution in [1.82, 2.24) is 9.55 Å². The first-order valence-electron chi connectivity index (χ1n) is 10.0. The molecule has 7 nitrogen and oxygen atoms in total. The van der Waals surface area contributed by atoms with Crippen molar-refractivity contribution in [3.8, 4) is 11.5 Å². The van der Waals surface area contributed by atoms with Crippen LogP contribution in [-0.4, -0.2) is 35.3 Å². The maximum atomic E-state index is 12.4. The van der Waals surface area contributed by atoms with Gasteiger partial charge in [0.25, 0.3) is 5.56 Å². The van der Waals surface area contributed by atoms with Gasteiger partial charge in [-0.15, -0.1) is 0 Å². The molecule has 0 spiro atoms. The van der Waals surface area contributed by atoms with Crippen molar-refractivity contribution in [2.75, 3.05) is 19.8 Å². The maximum absolute atomic E-state index is 12.4. The number of para-hydroxylation sites is 1. The van der Waals surface area contributed by atoms with E-state index in [1.807, 2.05) is 30.3 Å². The number of hydrogen-bond donors (Lipinski definition) is 0. The van der Waals surface area contributed by atoms with Gasteiger partial charge in [-0.2, -0.15) is 0 Å². The Morgan fingerprint density at radius 2 is 1.63 bits per heavy atom. The third-order valence-electron chi connectivity index (χ3n) is 4.54. The Kier molecular flexibility index (Phi) is 7.43. The Balaban J connectivity index is 1.43. The molecule has 0 aliphatic carbocycles. The molecule has 30 heavy (non-hydrogen) atoms. The van der Waals surface area contributed by atoms with Gasteiger partial charge in [0.2, 0.25) is 0 Å². The van der Waals surface area contributed by atoms with E-state index in [-0.39, 0.29) is 31.2 Å². The molecule has 0 aliphatic rings. The highest BCUT2D eigenvalue weighted by molar-refractivity contribution is 5.77. The Morgan fingerprint density at radius 1 is 0.967 bits per heavy atom. The number of aromatic nitrogens is 2. The first-order chi connectivity index (χ1) is 14.6. The molecular formula is C23H26N2O5. The quantitative estimate of drug-likeness (QED) is 0.377. The summed E-state index contributed by atoms with van der Waals surface area (Å²) < 4.78 is 17.8. The Bertz CT molecular complexity index is 1040. The monoisotopic (exact) mass is 410 g/mol. The smallest absolute Gasteiger partial charge is 0.306 e. The zero-order chi connectivity index (χ0) is 21.3. The molecule has 0 N–H and O–H groups in total. The van der Waals surface area contributed by atoms with Crippen LogP contribution in [0.5, 0.6) is 11.5 Å². The van der Waals surface area contributed by atoms with E-state index in [1.54, 1.807) is 25.2 Å². The largest absolute Gasteiger partial charge is 0.494 e. The molecule has 1 heterocycles. The van der Waals surface area contributed by atoms with E-state index in [1.165, 1.54) is 4.57 Å². The number of benzene rings is 2. The summed E-state index contributed by atoms with van der Waals surface area (Å²) in [5, 5.41) is 0.563. The molecule has 0 saturated heterocycles. The normalized spacial score (nSPS) is 10.7. The highest BCUT2D eigenvalue weighted by Crippen LogP contribution is 2.17. The summed E-state index contributed by atoms with van der Waals surface area (Å²) in [5.41, 5.74) is 0.506. The van der Waals surface area contributed by atoms with Crippen LogP contribution in [0.4, 0.5) is 0 Å². The Morgan fingerprint density at radius 3 is 2.33 bits per heavy atom. The fourth-order valence-electron chi connectivity index (χ4n) is 2.94.